The molecule has 2 rings (SSSR count). The molecule has 6 heteroatoms. The van der Waals surface area contributed by atoms with Crippen LogP contribution in [0.5, 0.6) is 0 Å². The first kappa shape index (κ1) is 15.8. The third kappa shape index (κ3) is 4.44. The van der Waals surface area contributed by atoms with Crippen LogP contribution in [0, 0.1) is 15.1 Å². The highest BCUT2D eigenvalue weighted by Gasteiger charge is 2.11. The fourth-order valence-electron chi connectivity index (χ4n) is 1.60. The summed E-state index contributed by atoms with van der Waals surface area (Å²) in [6.45, 7) is 0.373. The average molecular weight is 457 g/mol. The van der Waals surface area contributed by atoms with Crippen LogP contribution in [0.15, 0.2) is 50.9 Å². The molecule has 0 atom stereocenters. The minimum absolute atomic E-state index is 0.00332. The molecular weight excluding hydrogens is 447 g/mol. The number of hydrogen-bond acceptors (Lipinski definition) is 3. The van der Waals surface area contributed by atoms with Crippen LogP contribution in [0.2, 0.25) is 0 Å². The summed E-state index contributed by atoms with van der Waals surface area (Å²) >= 11 is 5.33. The SMILES string of the molecule is N#C/C(=C/c1cc(Br)c(I)o1)C(=O)NCc1ccccc1. The van der Waals surface area contributed by atoms with Crippen LogP contribution in [0.1, 0.15) is 11.3 Å². The van der Waals surface area contributed by atoms with Crippen LogP contribution in [0.4, 0.5) is 0 Å². The molecule has 0 aliphatic carbocycles. The Morgan fingerprint density at radius 1 is 1.43 bits per heavy atom. The Labute approximate surface area is 144 Å². The standard InChI is InChI=1S/C15H10BrIN2O2/c16-13-7-12(21-14(13)17)6-11(8-18)15(20)19-9-10-4-2-1-3-5-10/h1-7H,9H2,(H,19,20)/b11-6-. The van der Waals surface area contributed by atoms with Crippen LogP contribution in [0.3, 0.4) is 0 Å². The molecule has 4 nitrogen and oxygen atoms in total. The highest BCUT2D eigenvalue weighted by Crippen LogP contribution is 2.24. The number of carbonyl (C=O) groups is 1. The highest BCUT2D eigenvalue weighted by atomic mass is 127. The molecule has 0 unspecified atom stereocenters. The van der Waals surface area contributed by atoms with Crippen molar-refractivity contribution >= 4 is 50.5 Å². The first-order chi connectivity index (χ1) is 10.1. The van der Waals surface area contributed by atoms with Crippen LogP contribution < -0.4 is 5.32 Å². The molecular formula is C15H10BrIN2O2. The number of nitrogens with zero attached hydrogens (tertiary/aromatic N) is 1. The van der Waals surface area contributed by atoms with Gasteiger partial charge in [-0.05, 0) is 27.6 Å². The van der Waals surface area contributed by atoms with Crippen molar-refractivity contribution in [2.75, 3.05) is 0 Å². The van der Waals surface area contributed by atoms with Crippen molar-refractivity contribution in [3.8, 4) is 6.07 Å². The minimum Gasteiger partial charge on any atom is -0.450 e. The van der Waals surface area contributed by atoms with Gasteiger partial charge in [-0.1, -0.05) is 30.3 Å². The van der Waals surface area contributed by atoms with Crippen molar-refractivity contribution in [2.24, 2.45) is 0 Å². The Hall–Kier alpha value is -1.59. The molecule has 1 N–H and O–H groups in total. The fraction of sp³-hybridized carbons (Fsp3) is 0.0667. The lowest BCUT2D eigenvalue weighted by atomic mass is 10.2. The molecule has 0 fully saturated rings. The summed E-state index contributed by atoms with van der Waals surface area (Å²) in [5.41, 5.74) is 0.974. The first-order valence-electron chi connectivity index (χ1n) is 5.99. The third-order valence-electron chi connectivity index (χ3n) is 2.61. The summed E-state index contributed by atoms with van der Waals surface area (Å²) in [5.74, 6) is 0.0292. The molecule has 1 aromatic carbocycles. The zero-order chi connectivity index (χ0) is 15.2. The van der Waals surface area contributed by atoms with Crippen molar-refractivity contribution in [3.63, 3.8) is 0 Å². The molecule has 0 bridgehead atoms. The lowest BCUT2D eigenvalue weighted by molar-refractivity contribution is -0.117. The molecule has 1 heterocycles. The molecule has 0 aliphatic heterocycles. The predicted octanol–water partition coefficient (Wildman–Crippen LogP) is 3.87. The topological polar surface area (TPSA) is 66.0 Å². The number of furan rings is 1. The summed E-state index contributed by atoms with van der Waals surface area (Å²) in [6, 6.07) is 13.1. The van der Waals surface area contributed by atoms with Gasteiger partial charge in [0, 0.05) is 35.2 Å². The Morgan fingerprint density at radius 3 is 2.71 bits per heavy atom. The van der Waals surface area contributed by atoms with Gasteiger partial charge in [-0.25, -0.2) is 0 Å². The molecule has 1 amide bonds. The Bertz CT molecular complexity index is 698. The first-order valence-corrected chi connectivity index (χ1v) is 7.86. The summed E-state index contributed by atoms with van der Waals surface area (Å²) in [7, 11) is 0. The Balaban J connectivity index is 2.07. The summed E-state index contributed by atoms with van der Waals surface area (Å²) in [6.07, 6.45) is 1.42. The summed E-state index contributed by atoms with van der Waals surface area (Å²) in [4.78, 5) is 12.0. The monoisotopic (exact) mass is 456 g/mol. The van der Waals surface area contributed by atoms with E-state index in [4.69, 9.17) is 9.68 Å². The van der Waals surface area contributed by atoms with E-state index in [-0.39, 0.29) is 5.57 Å². The van der Waals surface area contributed by atoms with Crippen LogP contribution in [0.25, 0.3) is 6.08 Å². The van der Waals surface area contributed by atoms with Crippen LogP contribution in [-0.2, 0) is 11.3 Å². The van der Waals surface area contributed by atoms with Crippen molar-refractivity contribution in [2.45, 2.75) is 6.54 Å². The van der Waals surface area contributed by atoms with Crippen LogP contribution >= 0.6 is 38.5 Å². The van der Waals surface area contributed by atoms with Gasteiger partial charge in [-0.3, -0.25) is 4.79 Å². The van der Waals surface area contributed by atoms with E-state index in [0.29, 0.717) is 16.1 Å². The second-order valence-corrected chi connectivity index (χ2v) is 5.94. The van der Waals surface area contributed by atoms with Crippen molar-refractivity contribution in [3.05, 3.63) is 61.5 Å². The maximum absolute atomic E-state index is 12.0. The van der Waals surface area contributed by atoms with Crippen molar-refractivity contribution in [1.82, 2.24) is 5.32 Å². The minimum atomic E-state index is -0.427. The molecule has 1 aromatic heterocycles. The van der Waals surface area contributed by atoms with E-state index in [1.807, 2.05) is 59.0 Å². The van der Waals surface area contributed by atoms with Gasteiger partial charge in [0.25, 0.3) is 5.91 Å². The molecule has 0 radical (unpaired) electrons. The quantitative estimate of drug-likeness (QED) is 0.431. The van der Waals surface area contributed by atoms with Gasteiger partial charge in [0.2, 0.25) is 0 Å². The number of nitriles is 1. The third-order valence-corrected chi connectivity index (χ3v) is 4.74. The Morgan fingerprint density at radius 2 is 2.14 bits per heavy atom. The van der Waals surface area contributed by atoms with Gasteiger partial charge in [-0.2, -0.15) is 5.26 Å². The lowest BCUT2D eigenvalue weighted by Crippen LogP contribution is -2.23. The van der Waals surface area contributed by atoms with E-state index >= 15 is 0 Å². The largest absolute Gasteiger partial charge is 0.450 e. The maximum Gasteiger partial charge on any atom is 0.262 e. The molecule has 2 aromatic rings. The predicted molar refractivity (Wildman–Crippen MR) is 91.0 cm³/mol. The number of nitrogens with one attached hydrogen (secondary N) is 1. The number of hydrogen-bond donors (Lipinski definition) is 1. The molecule has 0 aliphatic rings. The Kier molecular flexibility index (Phi) is 5.59. The number of halogens is 2. The average Bonchev–Trinajstić information content (AvgIpc) is 2.81. The van der Waals surface area contributed by atoms with E-state index in [1.54, 1.807) is 6.07 Å². The van der Waals surface area contributed by atoms with E-state index in [1.165, 1.54) is 6.08 Å². The van der Waals surface area contributed by atoms with Gasteiger partial charge in [0.15, 0.2) is 3.77 Å². The summed E-state index contributed by atoms with van der Waals surface area (Å²) < 4.78 is 6.85. The van der Waals surface area contributed by atoms with Crippen molar-refractivity contribution < 1.29 is 9.21 Å². The van der Waals surface area contributed by atoms with E-state index in [9.17, 15) is 4.79 Å². The van der Waals surface area contributed by atoms with E-state index in [2.05, 4.69) is 21.2 Å². The van der Waals surface area contributed by atoms with Gasteiger partial charge < -0.3 is 9.73 Å². The van der Waals surface area contributed by atoms with Gasteiger partial charge in [0.1, 0.15) is 17.4 Å². The van der Waals surface area contributed by atoms with E-state index in [0.717, 1.165) is 10.0 Å². The van der Waals surface area contributed by atoms with Gasteiger partial charge in [0.05, 0.1) is 4.47 Å². The second-order valence-electron chi connectivity index (χ2n) is 4.11. The molecule has 106 valence electrons. The normalized spacial score (nSPS) is 11.0. The number of benzene rings is 1. The van der Waals surface area contributed by atoms with Crippen molar-refractivity contribution in [1.29, 1.82) is 5.26 Å². The van der Waals surface area contributed by atoms with E-state index < -0.39 is 5.91 Å². The molecule has 21 heavy (non-hydrogen) atoms. The van der Waals surface area contributed by atoms with Gasteiger partial charge in [-0.15, -0.1) is 0 Å². The fourth-order valence-corrected chi connectivity index (χ4v) is 2.32. The smallest absolute Gasteiger partial charge is 0.262 e. The number of amides is 1. The lowest BCUT2D eigenvalue weighted by Gasteiger charge is -2.03. The molecule has 0 saturated heterocycles. The maximum atomic E-state index is 12.0. The zero-order valence-corrected chi connectivity index (χ0v) is 14.5. The molecule has 0 saturated carbocycles. The molecule has 0 spiro atoms. The summed E-state index contributed by atoms with van der Waals surface area (Å²) in [5, 5.41) is 11.8. The number of carbonyl (C=O) groups excluding carboxylic acids is 1. The second kappa shape index (κ2) is 7.43. The highest BCUT2D eigenvalue weighted by molar-refractivity contribution is 14.1. The van der Waals surface area contributed by atoms with Gasteiger partial charge >= 0.3 is 0 Å². The number of rotatable bonds is 4. The van der Waals surface area contributed by atoms with Crippen LogP contribution in [-0.4, -0.2) is 5.91 Å². The zero-order valence-electron chi connectivity index (χ0n) is 10.8.